The largest absolute Gasteiger partial charge is 0.490 e. The number of carboxylic acid groups (broad SMARTS) is 1. The van der Waals surface area contributed by atoms with Gasteiger partial charge in [0.05, 0.1) is 32.8 Å². The molecule has 0 spiro atoms. The Morgan fingerprint density at radius 3 is 2.13 bits per heavy atom. The molecule has 2 aromatic carbocycles. The second-order valence-corrected chi connectivity index (χ2v) is 10.3. The average Bonchev–Trinajstić information content (AvgIpc) is 3.44. The van der Waals surface area contributed by atoms with E-state index in [0.29, 0.717) is 26.4 Å². The van der Waals surface area contributed by atoms with E-state index in [2.05, 4.69) is 34.6 Å². The van der Waals surface area contributed by atoms with Gasteiger partial charge in [0.25, 0.3) is 5.56 Å². The van der Waals surface area contributed by atoms with Gasteiger partial charge in [-0.15, -0.1) is 0 Å². The van der Waals surface area contributed by atoms with Crippen LogP contribution in [0, 0.1) is 0 Å². The van der Waals surface area contributed by atoms with Crippen molar-refractivity contribution in [1.82, 2.24) is 24.0 Å². The van der Waals surface area contributed by atoms with Crippen LogP contribution in [0.25, 0.3) is 22.9 Å². The molecule has 1 aliphatic rings. The molecule has 5 rings (SSSR count). The van der Waals surface area contributed by atoms with E-state index in [1.807, 2.05) is 39.8 Å². The molecule has 0 unspecified atom stereocenters. The Labute approximate surface area is 266 Å². The van der Waals surface area contributed by atoms with Gasteiger partial charge in [0.15, 0.2) is 34.2 Å². The van der Waals surface area contributed by atoms with Crippen LogP contribution in [0.3, 0.4) is 0 Å². The molecule has 13 heteroatoms. The molecule has 0 atom stereocenters. The topological polar surface area (TPSA) is 148 Å². The first-order valence-electron chi connectivity index (χ1n) is 15.2. The third-order valence-corrected chi connectivity index (χ3v) is 7.17. The Bertz CT molecular complexity index is 1850. The molecule has 4 aromatic rings. The first-order chi connectivity index (χ1) is 22.1. The first-order valence-corrected chi connectivity index (χ1v) is 15.2. The van der Waals surface area contributed by atoms with Crippen LogP contribution in [0.5, 0.6) is 23.0 Å². The molecule has 246 valence electrons. The van der Waals surface area contributed by atoms with Crippen molar-refractivity contribution in [2.45, 2.75) is 40.7 Å². The normalized spacial score (nSPS) is 13.0. The lowest BCUT2D eigenvalue weighted by Gasteiger charge is -2.24. The van der Waals surface area contributed by atoms with Crippen molar-refractivity contribution in [2.75, 3.05) is 33.0 Å². The second-order valence-electron chi connectivity index (χ2n) is 10.3. The fraction of sp³-hybridized carbons (Fsp3) is 0.394. The fourth-order valence-corrected chi connectivity index (χ4v) is 5.14. The number of hydrogen-bond donors (Lipinski definition) is 2. The molecular formula is C33H41N5O8. The summed E-state index contributed by atoms with van der Waals surface area (Å²) in [4.78, 5) is 38.0. The number of carboxylic acids is 1. The maximum absolute atomic E-state index is 11.9. The van der Waals surface area contributed by atoms with Gasteiger partial charge in [0, 0.05) is 31.9 Å². The number of ether oxygens (including phenoxy) is 4. The minimum atomic E-state index is -1.08. The van der Waals surface area contributed by atoms with E-state index in [4.69, 9.17) is 24.1 Å². The van der Waals surface area contributed by atoms with Crippen LogP contribution in [0.15, 0.2) is 46.2 Å². The summed E-state index contributed by atoms with van der Waals surface area (Å²) in [6.45, 7) is 10.9. The standard InChI is InChI=1S/C24H31NO4.C9H10N4O4/c1-5-26-21-10-9-17(14-22(21)27-6-2)13-20-19-16-24(29-8-4)23(28-7-3)15-18(19)11-12-25-20;1-11-7-6(8(16)12(2)9(11)17)13(4-10-7)3-5(14)15/h9-10,13-16,25H,5-8,11-12H2,1-4H3;4H,3H2,1-2H3,(H,14,15)/b20-13-;. The summed E-state index contributed by atoms with van der Waals surface area (Å²) in [5, 5.41) is 12.2. The highest BCUT2D eigenvalue weighted by Crippen LogP contribution is 2.37. The van der Waals surface area contributed by atoms with E-state index in [0.717, 1.165) is 57.4 Å². The molecule has 46 heavy (non-hydrogen) atoms. The van der Waals surface area contributed by atoms with Gasteiger partial charge in [-0.25, -0.2) is 9.78 Å². The number of rotatable bonds is 11. The zero-order chi connectivity index (χ0) is 33.4. The van der Waals surface area contributed by atoms with Crippen molar-refractivity contribution >= 4 is 28.9 Å². The summed E-state index contributed by atoms with van der Waals surface area (Å²) in [7, 11) is 2.81. The van der Waals surface area contributed by atoms with Gasteiger partial charge in [-0.05, 0) is 75.6 Å². The number of carbonyl (C=O) groups is 1. The van der Waals surface area contributed by atoms with Crippen LogP contribution in [-0.2, 0) is 31.9 Å². The van der Waals surface area contributed by atoms with Crippen molar-refractivity contribution in [3.8, 4) is 23.0 Å². The average molecular weight is 636 g/mol. The molecule has 0 amide bonds. The van der Waals surface area contributed by atoms with E-state index in [1.54, 1.807) is 0 Å². The Morgan fingerprint density at radius 1 is 0.891 bits per heavy atom. The zero-order valence-corrected chi connectivity index (χ0v) is 27.1. The molecule has 2 aromatic heterocycles. The van der Waals surface area contributed by atoms with Crippen LogP contribution in [-0.4, -0.2) is 62.7 Å². The predicted octanol–water partition coefficient (Wildman–Crippen LogP) is 3.44. The Kier molecular flexibility index (Phi) is 11.1. The van der Waals surface area contributed by atoms with Gasteiger partial charge in [-0.3, -0.25) is 18.7 Å². The summed E-state index contributed by atoms with van der Waals surface area (Å²) in [6, 6.07) is 10.2. The third kappa shape index (κ3) is 7.36. The predicted molar refractivity (Wildman–Crippen MR) is 175 cm³/mol. The second kappa shape index (κ2) is 15.2. The van der Waals surface area contributed by atoms with Gasteiger partial charge < -0.3 is 33.9 Å². The van der Waals surface area contributed by atoms with Crippen LogP contribution in [0.1, 0.15) is 44.4 Å². The SMILES string of the molecule is CCOc1ccc(/C=C2\NCCc3cc(OCC)c(OCC)cc32)cc1OCC.Cn1c(=O)c2c(ncn2CC(=O)O)n(C)c1=O. The highest BCUT2D eigenvalue weighted by Gasteiger charge is 2.19. The molecule has 0 bridgehead atoms. The lowest BCUT2D eigenvalue weighted by atomic mass is 9.96. The molecule has 0 radical (unpaired) electrons. The molecule has 0 aliphatic carbocycles. The number of imidazole rings is 1. The van der Waals surface area contributed by atoms with Gasteiger partial charge in [-0.2, -0.15) is 0 Å². The van der Waals surface area contributed by atoms with Crippen molar-refractivity contribution in [2.24, 2.45) is 14.1 Å². The Hall–Kier alpha value is -5.20. The number of fused-ring (bicyclic) bond motifs is 2. The minimum absolute atomic E-state index is 0.108. The number of aryl methyl sites for hydroxylation is 1. The molecule has 13 nitrogen and oxygen atoms in total. The van der Waals surface area contributed by atoms with Crippen LogP contribution in [0.2, 0.25) is 0 Å². The zero-order valence-electron chi connectivity index (χ0n) is 27.1. The maximum atomic E-state index is 11.9. The van der Waals surface area contributed by atoms with Crippen LogP contribution < -0.4 is 35.5 Å². The number of nitrogens with zero attached hydrogens (tertiary/aromatic N) is 4. The molecule has 1 aliphatic heterocycles. The van der Waals surface area contributed by atoms with Crippen LogP contribution >= 0.6 is 0 Å². The first kappa shape index (κ1) is 33.7. The molecular weight excluding hydrogens is 594 g/mol. The highest BCUT2D eigenvalue weighted by atomic mass is 16.5. The highest BCUT2D eigenvalue weighted by molar-refractivity contribution is 5.84. The molecule has 3 heterocycles. The number of aliphatic carboxylic acids is 1. The third-order valence-electron chi connectivity index (χ3n) is 7.17. The van der Waals surface area contributed by atoms with Gasteiger partial charge in [-0.1, -0.05) is 6.07 Å². The number of aromatic nitrogens is 4. The molecule has 0 fully saturated rings. The summed E-state index contributed by atoms with van der Waals surface area (Å²) in [6.07, 6.45) is 4.33. The number of nitrogens with one attached hydrogen (secondary N) is 1. The smallest absolute Gasteiger partial charge is 0.332 e. The lowest BCUT2D eigenvalue weighted by molar-refractivity contribution is -0.137. The molecule has 0 saturated heterocycles. The van der Waals surface area contributed by atoms with E-state index >= 15 is 0 Å². The Morgan fingerprint density at radius 2 is 1.50 bits per heavy atom. The van der Waals surface area contributed by atoms with Crippen molar-refractivity contribution in [1.29, 1.82) is 0 Å². The van der Waals surface area contributed by atoms with Gasteiger partial charge >= 0.3 is 11.7 Å². The lowest BCUT2D eigenvalue weighted by Crippen LogP contribution is -2.37. The van der Waals surface area contributed by atoms with E-state index in [9.17, 15) is 14.4 Å². The monoisotopic (exact) mass is 635 g/mol. The fourth-order valence-electron chi connectivity index (χ4n) is 5.14. The quantitative estimate of drug-likeness (QED) is 0.251. The van der Waals surface area contributed by atoms with Gasteiger partial charge in [0.1, 0.15) is 6.54 Å². The van der Waals surface area contributed by atoms with Gasteiger partial charge in [0.2, 0.25) is 0 Å². The van der Waals surface area contributed by atoms with E-state index in [-0.39, 0.29) is 17.7 Å². The Balaban J connectivity index is 0.000000240. The van der Waals surface area contributed by atoms with E-state index in [1.165, 1.54) is 35.1 Å². The van der Waals surface area contributed by atoms with Crippen LogP contribution in [0.4, 0.5) is 0 Å². The maximum Gasteiger partial charge on any atom is 0.332 e. The van der Waals surface area contributed by atoms with Crippen molar-refractivity contribution < 1.29 is 28.8 Å². The summed E-state index contributed by atoms with van der Waals surface area (Å²) in [5.41, 5.74) is 3.77. The van der Waals surface area contributed by atoms with Crippen molar-refractivity contribution in [3.05, 3.63) is 74.2 Å². The minimum Gasteiger partial charge on any atom is -0.490 e. The number of hydrogen-bond acceptors (Lipinski definition) is 9. The van der Waals surface area contributed by atoms with E-state index < -0.39 is 17.2 Å². The molecule has 2 N–H and O–H groups in total. The summed E-state index contributed by atoms with van der Waals surface area (Å²) >= 11 is 0. The summed E-state index contributed by atoms with van der Waals surface area (Å²) in [5.74, 6) is 2.05. The van der Waals surface area contributed by atoms with Crippen molar-refractivity contribution in [3.63, 3.8) is 0 Å². The number of benzene rings is 2. The summed E-state index contributed by atoms with van der Waals surface area (Å²) < 4.78 is 26.4. The molecule has 0 saturated carbocycles.